The Balaban J connectivity index is 2.01. The van der Waals surface area contributed by atoms with Gasteiger partial charge in [0.15, 0.2) is 0 Å². The lowest BCUT2D eigenvalue weighted by Gasteiger charge is -2.23. The summed E-state index contributed by atoms with van der Waals surface area (Å²) in [4.78, 5) is 13.7. The van der Waals surface area contributed by atoms with E-state index in [2.05, 4.69) is 0 Å². The van der Waals surface area contributed by atoms with E-state index in [4.69, 9.17) is 5.73 Å². The van der Waals surface area contributed by atoms with Crippen LogP contribution in [-0.4, -0.2) is 35.0 Å². The molecule has 0 aliphatic carbocycles. The lowest BCUT2D eigenvalue weighted by molar-refractivity contribution is -0.134. The third-order valence-electron chi connectivity index (χ3n) is 2.93. The molecule has 0 aromatic carbocycles. The molecule has 0 bridgehead atoms. The van der Waals surface area contributed by atoms with E-state index in [9.17, 15) is 9.90 Å². The van der Waals surface area contributed by atoms with Gasteiger partial charge in [0, 0.05) is 13.1 Å². The molecule has 1 aliphatic heterocycles. The number of thiophene rings is 1. The number of likely N-dealkylation sites (tertiary alicyclic amines) is 1. The lowest BCUT2D eigenvalue weighted by Crippen LogP contribution is -2.45. The molecule has 0 saturated carbocycles. The van der Waals surface area contributed by atoms with Crippen LogP contribution in [0.4, 0.5) is 0 Å². The van der Waals surface area contributed by atoms with Gasteiger partial charge in [-0.15, -0.1) is 0 Å². The van der Waals surface area contributed by atoms with Gasteiger partial charge in [0.25, 0.3) is 0 Å². The van der Waals surface area contributed by atoms with E-state index in [1.54, 1.807) is 11.0 Å². The van der Waals surface area contributed by atoms with Crippen LogP contribution >= 0.6 is 11.3 Å². The summed E-state index contributed by atoms with van der Waals surface area (Å²) in [6, 6.07) is 0.958. The second kappa shape index (κ2) is 4.95. The van der Waals surface area contributed by atoms with Crippen molar-refractivity contribution in [3.05, 3.63) is 22.4 Å². The van der Waals surface area contributed by atoms with Gasteiger partial charge in [-0.1, -0.05) is 0 Å². The van der Waals surface area contributed by atoms with Gasteiger partial charge < -0.3 is 15.7 Å². The van der Waals surface area contributed by atoms with Crippen molar-refractivity contribution in [3.63, 3.8) is 0 Å². The second-order valence-corrected chi connectivity index (χ2v) is 4.84. The van der Waals surface area contributed by atoms with E-state index in [0.717, 1.165) is 31.5 Å². The van der Waals surface area contributed by atoms with Crippen molar-refractivity contribution in [1.29, 1.82) is 0 Å². The fraction of sp³-hybridized carbons (Fsp3) is 0.545. The molecule has 5 heteroatoms. The molecule has 1 aliphatic rings. The molecule has 3 N–H and O–H groups in total. The summed E-state index contributed by atoms with van der Waals surface area (Å²) in [6.07, 6.45) is 1.18. The maximum atomic E-state index is 11.9. The summed E-state index contributed by atoms with van der Waals surface area (Å²) in [6.45, 7) is 1.53. The minimum absolute atomic E-state index is 0.142. The zero-order chi connectivity index (χ0) is 11.5. The highest BCUT2D eigenvalue weighted by Crippen LogP contribution is 2.20. The molecule has 1 aromatic heterocycles. The summed E-state index contributed by atoms with van der Waals surface area (Å²) < 4.78 is 0. The molecular weight excluding hydrogens is 224 g/mol. The molecule has 16 heavy (non-hydrogen) atoms. The number of rotatable bonds is 3. The highest BCUT2D eigenvalue weighted by Gasteiger charge is 2.29. The van der Waals surface area contributed by atoms with E-state index < -0.39 is 12.1 Å². The molecule has 2 rings (SSSR count). The largest absolute Gasteiger partial charge is 0.386 e. The van der Waals surface area contributed by atoms with Gasteiger partial charge in [-0.2, -0.15) is 11.3 Å². The van der Waals surface area contributed by atoms with Crippen LogP contribution in [-0.2, 0) is 4.79 Å². The maximum Gasteiger partial charge on any atom is 0.242 e. The predicted molar refractivity (Wildman–Crippen MR) is 63.1 cm³/mol. The molecule has 1 unspecified atom stereocenters. The van der Waals surface area contributed by atoms with Crippen molar-refractivity contribution in [2.24, 2.45) is 5.73 Å². The number of carbonyl (C=O) groups excluding carboxylic acids is 1. The average Bonchev–Trinajstić information content (AvgIpc) is 2.97. The molecule has 1 fully saturated rings. The second-order valence-electron chi connectivity index (χ2n) is 4.06. The summed E-state index contributed by atoms with van der Waals surface area (Å²) >= 11 is 1.49. The standard InChI is InChI=1S/C11H16N2O2S/c12-9(10(14)8-3-6-16-7-8)11(15)13-4-1-2-5-13/h3,6-7,9-10,14H,1-2,4-5,12H2/t9-,10?/m0/s1. The van der Waals surface area contributed by atoms with Gasteiger partial charge in [0.1, 0.15) is 12.1 Å². The number of aliphatic hydroxyl groups is 1. The number of carbonyl (C=O) groups is 1. The van der Waals surface area contributed by atoms with E-state index >= 15 is 0 Å². The number of amides is 1. The molecule has 88 valence electrons. The zero-order valence-electron chi connectivity index (χ0n) is 9.00. The van der Waals surface area contributed by atoms with Crippen molar-refractivity contribution in [1.82, 2.24) is 4.90 Å². The summed E-state index contributed by atoms with van der Waals surface area (Å²) in [5, 5.41) is 13.6. The normalized spacial score (nSPS) is 19.8. The number of hydrogen-bond donors (Lipinski definition) is 2. The van der Waals surface area contributed by atoms with Crippen LogP contribution in [0.1, 0.15) is 24.5 Å². The number of aliphatic hydroxyl groups excluding tert-OH is 1. The van der Waals surface area contributed by atoms with Crippen molar-refractivity contribution < 1.29 is 9.90 Å². The number of nitrogens with two attached hydrogens (primary N) is 1. The van der Waals surface area contributed by atoms with Crippen LogP contribution in [0.3, 0.4) is 0 Å². The molecule has 1 saturated heterocycles. The highest BCUT2D eigenvalue weighted by atomic mass is 32.1. The summed E-state index contributed by atoms with van der Waals surface area (Å²) in [5.74, 6) is -0.142. The van der Waals surface area contributed by atoms with Crippen LogP contribution in [0.15, 0.2) is 16.8 Å². The maximum absolute atomic E-state index is 11.9. The molecule has 2 heterocycles. The van der Waals surface area contributed by atoms with E-state index in [1.807, 2.05) is 10.8 Å². The Morgan fingerprint density at radius 1 is 1.50 bits per heavy atom. The SMILES string of the molecule is N[C@H](C(=O)N1CCCC1)C(O)c1ccsc1. The van der Waals surface area contributed by atoms with Crippen LogP contribution in [0.25, 0.3) is 0 Å². The Morgan fingerprint density at radius 2 is 2.19 bits per heavy atom. The molecule has 0 radical (unpaired) electrons. The first-order chi connectivity index (χ1) is 7.70. The van der Waals surface area contributed by atoms with E-state index in [1.165, 1.54) is 11.3 Å². The third-order valence-corrected chi connectivity index (χ3v) is 3.63. The average molecular weight is 240 g/mol. The molecule has 4 nitrogen and oxygen atoms in total. The van der Waals surface area contributed by atoms with Crippen molar-refractivity contribution in [2.45, 2.75) is 25.0 Å². The third kappa shape index (κ3) is 2.26. The van der Waals surface area contributed by atoms with Gasteiger partial charge in [0.05, 0.1) is 0 Å². The van der Waals surface area contributed by atoms with Crippen LogP contribution in [0.2, 0.25) is 0 Å². The van der Waals surface area contributed by atoms with Gasteiger partial charge in [-0.3, -0.25) is 4.79 Å². The highest BCUT2D eigenvalue weighted by molar-refractivity contribution is 7.07. The van der Waals surface area contributed by atoms with Crippen LogP contribution in [0.5, 0.6) is 0 Å². The first-order valence-electron chi connectivity index (χ1n) is 5.44. The Labute approximate surface area is 98.7 Å². The van der Waals surface area contributed by atoms with E-state index in [0.29, 0.717) is 0 Å². The Bertz CT molecular complexity index is 347. The number of hydrogen-bond acceptors (Lipinski definition) is 4. The van der Waals surface area contributed by atoms with Crippen LogP contribution < -0.4 is 5.73 Å². The Hall–Kier alpha value is -0.910. The topological polar surface area (TPSA) is 66.6 Å². The fourth-order valence-corrected chi connectivity index (χ4v) is 2.62. The quantitative estimate of drug-likeness (QED) is 0.818. The lowest BCUT2D eigenvalue weighted by atomic mass is 10.1. The first-order valence-corrected chi connectivity index (χ1v) is 6.39. The molecule has 1 aromatic rings. The predicted octanol–water partition coefficient (Wildman–Crippen LogP) is 0.731. The zero-order valence-corrected chi connectivity index (χ0v) is 9.82. The monoisotopic (exact) mass is 240 g/mol. The fourth-order valence-electron chi connectivity index (χ4n) is 1.93. The summed E-state index contributed by atoms with van der Waals surface area (Å²) in [5.41, 5.74) is 6.52. The van der Waals surface area contributed by atoms with Crippen molar-refractivity contribution in [3.8, 4) is 0 Å². The van der Waals surface area contributed by atoms with Crippen LogP contribution in [0, 0.1) is 0 Å². The first kappa shape index (κ1) is 11.6. The smallest absolute Gasteiger partial charge is 0.242 e. The minimum Gasteiger partial charge on any atom is -0.386 e. The van der Waals surface area contributed by atoms with Crippen molar-refractivity contribution >= 4 is 17.2 Å². The molecule has 1 amide bonds. The van der Waals surface area contributed by atoms with Gasteiger partial charge in [-0.05, 0) is 35.2 Å². The molecule has 0 spiro atoms. The van der Waals surface area contributed by atoms with Gasteiger partial charge in [-0.25, -0.2) is 0 Å². The Kier molecular flexibility index (Phi) is 3.58. The minimum atomic E-state index is -0.889. The number of nitrogens with zero attached hydrogens (tertiary/aromatic N) is 1. The van der Waals surface area contributed by atoms with E-state index in [-0.39, 0.29) is 5.91 Å². The van der Waals surface area contributed by atoms with Gasteiger partial charge in [0.2, 0.25) is 5.91 Å². The molecule has 2 atom stereocenters. The summed E-state index contributed by atoms with van der Waals surface area (Å²) in [7, 11) is 0. The Morgan fingerprint density at radius 3 is 2.75 bits per heavy atom. The molecular formula is C11H16N2O2S. The van der Waals surface area contributed by atoms with Crippen molar-refractivity contribution in [2.75, 3.05) is 13.1 Å². The van der Waals surface area contributed by atoms with Gasteiger partial charge >= 0.3 is 0 Å².